The number of H-pyrrole nitrogens is 1. The van der Waals surface area contributed by atoms with Gasteiger partial charge >= 0.3 is 0 Å². The van der Waals surface area contributed by atoms with Gasteiger partial charge in [-0.2, -0.15) is 15.2 Å². The van der Waals surface area contributed by atoms with Gasteiger partial charge in [-0.05, 0) is 25.0 Å². The molecule has 0 aliphatic heterocycles. The van der Waals surface area contributed by atoms with Gasteiger partial charge in [-0.1, -0.05) is 30.5 Å². The van der Waals surface area contributed by atoms with Gasteiger partial charge in [0.25, 0.3) is 0 Å². The minimum absolute atomic E-state index is 0.340. The average molecular weight is 444 g/mol. The summed E-state index contributed by atoms with van der Waals surface area (Å²) in [5.41, 5.74) is 3.51. The summed E-state index contributed by atoms with van der Waals surface area (Å²) >= 11 is 0. The molecule has 1 aliphatic rings. The van der Waals surface area contributed by atoms with E-state index in [9.17, 15) is 5.26 Å². The van der Waals surface area contributed by atoms with Crippen molar-refractivity contribution >= 4 is 28.5 Å². The summed E-state index contributed by atoms with van der Waals surface area (Å²) in [6, 6.07) is 8.32. The fourth-order valence-corrected chi connectivity index (χ4v) is 4.28. The maximum atomic E-state index is 9.55. The van der Waals surface area contributed by atoms with E-state index in [1.54, 1.807) is 18.0 Å². The van der Waals surface area contributed by atoms with Crippen LogP contribution in [0.3, 0.4) is 0 Å². The standard InChI is InChI=1S/C23H25N9O/c1-32-13-18(30-31-32)14-8-9-17(19(10-14)33-2)27-23-28-21-20(15(11-24)12-25-21)22(29-23)26-16-6-4-3-5-7-16/h8-10,12-13,16H,3-7H2,1-2H3,(H3,25,26,27,28,29). The van der Waals surface area contributed by atoms with Crippen LogP contribution in [0.15, 0.2) is 30.6 Å². The van der Waals surface area contributed by atoms with Crippen LogP contribution >= 0.6 is 0 Å². The van der Waals surface area contributed by atoms with E-state index >= 15 is 0 Å². The van der Waals surface area contributed by atoms with Crippen LogP contribution in [-0.4, -0.2) is 43.1 Å². The Morgan fingerprint density at radius 1 is 1.21 bits per heavy atom. The summed E-state index contributed by atoms with van der Waals surface area (Å²) < 4.78 is 7.26. The predicted octanol–water partition coefficient (Wildman–Crippen LogP) is 4.12. The smallest absolute Gasteiger partial charge is 0.231 e. The first-order valence-electron chi connectivity index (χ1n) is 11.0. The van der Waals surface area contributed by atoms with Crippen LogP contribution in [0, 0.1) is 11.3 Å². The molecule has 33 heavy (non-hydrogen) atoms. The van der Waals surface area contributed by atoms with Crippen molar-refractivity contribution in [3.8, 4) is 23.1 Å². The van der Waals surface area contributed by atoms with E-state index in [1.807, 2.05) is 31.4 Å². The zero-order valence-electron chi connectivity index (χ0n) is 18.6. The maximum Gasteiger partial charge on any atom is 0.231 e. The van der Waals surface area contributed by atoms with E-state index in [0.29, 0.717) is 34.8 Å². The largest absolute Gasteiger partial charge is 0.495 e. The summed E-state index contributed by atoms with van der Waals surface area (Å²) in [5.74, 6) is 1.72. The van der Waals surface area contributed by atoms with E-state index in [2.05, 4.69) is 37.0 Å². The highest BCUT2D eigenvalue weighted by Crippen LogP contribution is 2.33. The van der Waals surface area contributed by atoms with Crippen molar-refractivity contribution in [1.29, 1.82) is 5.26 Å². The Kier molecular flexibility index (Phi) is 5.52. The summed E-state index contributed by atoms with van der Waals surface area (Å²) in [4.78, 5) is 12.4. The average Bonchev–Trinajstić information content (AvgIpc) is 3.46. The third kappa shape index (κ3) is 4.17. The molecule has 3 aromatic heterocycles. The summed E-state index contributed by atoms with van der Waals surface area (Å²) in [7, 11) is 3.44. The van der Waals surface area contributed by atoms with Crippen molar-refractivity contribution in [2.24, 2.45) is 7.05 Å². The first-order chi connectivity index (χ1) is 16.1. The van der Waals surface area contributed by atoms with E-state index in [0.717, 1.165) is 35.2 Å². The van der Waals surface area contributed by atoms with Gasteiger partial charge < -0.3 is 20.4 Å². The summed E-state index contributed by atoms with van der Waals surface area (Å²) in [6.07, 6.45) is 9.37. The molecule has 10 heteroatoms. The number of aryl methyl sites for hydroxylation is 1. The molecule has 0 amide bonds. The number of hydrogen-bond donors (Lipinski definition) is 3. The van der Waals surface area contributed by atoms with E-state index in [-0.39, 0.29) is 0 Å². The van der Waals surface area contributed by atoms with Crippen molar-refractivity contribution in [2.75, 3.05) is 17.7 Å². The van der Waals surface area contributed by atoms with E-state index < -0.39 is 0 Å². The Morgan fingerprint density at radius 2 is 2.06 bits per heavy atom. The number of nitrogens with zero attached hydrogens (tertiary/aromatic N) is 6. The first-order valence-corrected chi connectivity index (χ1v) is 11.0. The van der Waals surface area contributed by atoms with Crippen LogP contribution in [0.4, 0.5) is 17.5 Å². The van der Waals surface area contributed by atoms with Gasteiger partial charge in [-0.15, -0.1) is 5.10 Å². The Labute approximate surface area is 191 Å². The fraction of sp³-hybridized carbons (Fsp3) is 0.348. The molecule has 3 N–H and O–H groups in total. The van der Waals surface area contributed by atoms with Crippen molar-refractivity contribution in [3.63, 3.8) is 0 Å². The number of rotatable bonds is 6. The van der Waals surface area contributed by atoms with E-state index in [1.165, 1.54) is 19.3 Å². The molecule has 0 spiro atoms. The normalized spacial score (nSPS) is 14.2. The van der Waals surface area contributed by atoms with Gasteiger partial charge in [0.2, 0.25) is 5.95 Å². The van der Waals surface area contributed by atoms with Crippen molar-refractivity contribution in [2.45, 2.75) is 38.1 Å². The van der Waals surface area contributed by atoms with Gasteiger partial charge in [0, 0.05) is 24.8 Å². The lowest BCUT2D eigenvalue weighted by Gasteiger charge is -2.24. The lowest BCUT2D eigenvalue weighted by atomic mass is 9.95. The maximum absolute atomic E-state index is 9.55. The number of methoxy groups -OCH3 is 1. The Bertz CT molecular complexity index is 1330. The van der Waals surface area contributed by atoms with Crippen LogP contribution in [0.25, 0.3) is 22.3 Å². The van der Waals surface area contributed by atoms with Crippen molar-refractivity contribution in [3.05, 3.63) is 36.2 Å². The van der Waals surface area contributed by atoms with Gasteiger partial charge in [-0.25, -0.2) is 0 Å². The topological polar surface area (TPSA) is 129 Å². The molecule has 4 aromatic rings. The predicted molar refractivity (Wildman–Crippen MR) is 125 cm³/mol. The molecule has 0 bridgehead atoms. The lowest BCUT2D eigenvalue weighted by Crippen LogP contribution is -2.23. The molecular weight excluding hydrogens is 418 g/mol. The second-order valence-corrected chi connectivity index (χ2v) is 8.23. The fourth-order valence-electron chi connectivity index (χ4n) is 4.28. The molecule has 168 valence electrons. The van der Waals surface area contributed by atoms with Crippen molar-refractivity contribution < 1.29 is 4.74 Å². The molecule has 1 saturated carbocycles. The van der Waals surface area contributed by atoms with Gasteiger partial charge in [0.05, 0.1) is 29.9 Å². The first kappa shape index (κ1) is 20.8. The summed E-state index contributed by atoms with van der Waals surface area (Å²) in [5, 5.41) is 25.3. The molecule has 5 rings (SSSR count). The second kappa shape index (κ2) is 8.78. The molecule has 3 heterocycles. The molecule has 0 atom stereocenters. The zero-order chi connectivity index (χ0) is 22.8. The van der Waals surface area contributed by atoms with Crippen LogP contribution in [0.1, 0.15) is 37.7 Å². The number of aromatic amines is 1. The SMILES string of the molecule is COc1cc(-c2cn(C)nn2)ccc1Nc1nc(NC2CCCCC2)c2c(C#N)c[nH]c2n1. The Hall–Kier alpha value is -4.13. The highest BCUT2D eigenvalue weighted by molar-refractivity contribution is 5.93. The van der Waals surface area contributed by atoms with Gasteiger partial charge in [-0.3, -0.25) is 4.68 Å². The number of nitrogens with one attached hydrogen (secondary N) is 3. The van der Waals surface area contributed by atoms with Crippen LogP contribution < -0.4 is 15.4 Å². The number of hydrogen-bond acceptors (Lipinski definition) is 8. The van der Waals surface area contributed by atoms with Gasteiger partial charge in [0.15, 0.2) is 0 Å². The molecule has 0 radical (unpaired) electrons. The number of anilines is 3. The molecular formula is C23H25N9O. The molecule has 1 aliphatic carbocycles. The third-order valence-corrected chi connectivity index (χ3v) is 5.94. The highest BCUT2D eigenvalue weighted by Gasteiger charge is 2.19. The molecule has 1 fully saturated rings. The molecule has 1 aromatic carbocycles. The molecule has 10 nitrogen and oxygen atoms in total. The lowest BCUT2D eigenvalue weighted by molar-refractivity contribution is 0.417. The van der Waals surface area contributed by atoms with Crippen LogP contribution in [-0.2, 0) is 7.05 Å². The number of fused-ring (bicyclic) bond motifs is 1. The monoisotopic (exact) mass is 443 g/mol. The number of ether oxygens (including phenoxy) is 1. The highest BCUT2D eigenvalue weighted by atomic mass is 16.5. The number of nitriles is 1. The quantitative estimate of drug-likeness (QED) is 0.406. The molecule has 0 saturated heterocycles. The van der Waals surface area contributed by atoms with E-state index in [4.69, 9.17) is 9.72 Å². The van der Waals surface area contributed by atoms with Crippen molar-refractivity contribution in [1.82, 2.24) is 29.9 Å². The second-order valence-electron chi connectivity index (χ2n) is 8.23. The van der Waals surface area contributed by atoms with Crippen LogP contribution in [0.5, 0.6) is 5.75 Å². The van der Waals surface area contributed by atoms with Gasteiger partial charge in [0.1, 0.15) is 29.0 Å². The Balaban J connectivity index is 1.49. The minimum atomic E-state index is 0.340. The van der Waals surface area contributed by atoms with Crippen LogP contribution in [0.2, 0.25) is 0 Å². The number of aromatic nitrogens is 6. The summed E-state index contributed by atoms with van der Waals surface area (Å²) in [6.45, 7) is 0. The minimum Gasteiger partial charge on any atom is -0.495 e. The third-order valence-electron chi connectivity index (χ3n) is 5.94. The Morgan fingerprint density at radius 3 is 2.79 bits per heavy atom. The zero-order valence-corrected chi connectivity index (χ0v) is 18.6. The number of benzene rings is 1. The molecule has 0 unspecified atom stereocenters.